The minimum absolute atomic E-state index is 0.274. The Bertz CT molecular complexity index is 690. The Morgan fingerprint density at radius 3 is 2.48 bits per heavy atom. The Kier molecular flexibility index (Phi) is 3.87. The van der Waals surface area contributed by atoms with Gasteiger partial charge in [0, 0.05) is 24.0 Å². The number of aromatic nitrogens is 2. The molecule has 3 rings (SSSR count). The van der Waals surface area contributed by atoms with Crippen molar-refractivity contribution in [3.63, 3.8) is 0 Å². The molecule has 21 heavy (non-hydrogen) atoms. The Morgan fingerprint density at radius 2 is 1.71 bits per heavy atom. The largest absolute Gasteiger partial charge is 0.508 e. The van der Waals surface area contributed by atoms with E-state index < -0.39 is 0 Å². The van der Waals surface area contributed by atoms with Gasteiger partial charge in [-0.15, -0.1) is 0 Å². The number of aromatic hydroxyl groups is 1. The molecule has 0 bridgehead atoms. The summed E-state index contributed by atoms with van der Waals surface area (Å²) in [6.07, 6.45) is 3.91. The number of rotatable bonds is 5. The van der Waals surface area contributed by atoms with Gasteiger partial charge in [-0.1, -0.05) is 30.3 Å². The van der Waals surface area contributed by atoms with Gasteiger partial charge in [-0.2, -0.15) is 5.10 Å². The van der Waals surface area contributed by atoms with Crippen molar-refractivity contribution in [3.05, 3.63) is 78.1 Å². The maximum atomic E-state index is 9.24. The normalized spacial score (nSPS) is 10.5. The molecular formula is C17H17N3O. The van der Waals surface area contributed by atoms with Crippen LogP contribution in [-0.2, 0) is 13.1 Å². The summed E-state index contributed by atoms with van der Waals surface area (Å²) in [6.45, 7) is 1.49. The molecule has 0 aliphatic rings. The highest BCUT2D eigenvalue weighted by Gasteiger charge is 2.00. The lowest BCUT2D eigenvalue weighted by Crippen LogP contribution is -2.00. The second kappa shape index (κ2) is 6.13. The van der Waals surface area contributed by atoms with E-state index in [1.807, 2.05) is 47.4 Å². The molecule has 0 radical (unpaired) electrons. The first-order chi connectivity index (χ1) is 10.3. The van der Waals surface area contributed by atoms with E-state index in [1.165, 1.54) is 5.56 Å². The maximum Gasteiger partial charge on any atom is 0.115 e. The molecule has 0 fully saturated rings. The van der Waals surface area contributed by atoms with Gasteiger partial charge in [0.15, 0.2) is 0 Å². The summed E-state index contributed by atoms with van der Waals surface area (Å²) in [7, 11) is 0. The first kappa shape index (κ1) is 13.2. The number of hydrogen-bond donors (Lipinski definition) is 2. The highest BCUT2D eigenvalue weighted by Crippen LogP contribution is 2.14. The van der Waals surface area contributed by atoms with Crippen molar-refractivity contribution in [1.29, 1.82) is 0 Å². The molecule has 4 heteroatoms. The second-order valence-corrected chi connectivity index (χ2v) is 4.93. The first-order valence-electron chi connectivity index (χ1n) is 6.88. The van der Waals surface area contributed by atoms with Crippen molar-refractivity contribution in [2.24, 2.45) is 0 Å². The fraction of sp³-hybridized carbons (Fsp3) is 0.118. The molecular weight excluding hydrogens is 262 g/mol. The number of phenols is 1. The van der Waals surface area contributed by atoms with Gasteiger partial charge < -0.3 is 10.4 Å². The second-order valence-electron chi connectivity index (χ2n) is 4.93. The minimum atomic E-state index is 0.274. The summed E-state index contributed by atoms with van der Waals surface area (Å²) in [4.78, 5) is 0. The monoisotopic (exact) mass is 279 g/mol. The predicted molar refractivity (Wildman–Crippen MR) is 83.2 cm³/mol. The lowest BCUT2D eigenvalue weighted by molar-refractivity contribution is 0.475. The van der Waals surface area contributed by atoms with Gasteiger partial charge >= 0.3 is 0 Å². The van der Waals surface area contributed by atoms with E-state index in [9.17, 15) is 5.11 Å². The molecule has 3 aromatic rings. The van der Waals surface area contributed by atoms with Gasteiger partial charge in [0.05, 0.1) is 12.7 Å². The zero-order valence-corrected chi connectivity index (χ0v) is 11.6. The third-order valence-electron chi connectivity index (χ3n) is 3.24. The fourth-order valence-electron chi connectivity index (χ4n) is 2.14. The lowest BCUT2D eigenvalue weighted by Gasteiger charge is -2.04. The molecule has 0 saturated carbocycles. The van der Waals surface area contributed by atoms with Crippen molar-refractivity contribution >= 4 is 5.69 Å². The maximum absolute atomic E-state index is 9.24. The predicted octanol–water partition coefficient (Wildman–Crippen LogP) is 3.25. The van der Waals surface area contributed by atoms with Crippen molar-refractivity contribution in [3.8, 4) is 5.75 Å². The summed E-state index contributed by atoms with van der Waals surface area (Å²) in [5.74, 6) is 0.274. The zero-order valence-electron chi connectivity index (χ0n) is 11.6. The molecule has 0 aliphatic heterocycles. The number of benzene rings is 2. The van der Waals surface area contributed by atoms with E-state index >= 15 is 0 Å². The standard InChI is InChI=1S/C17H17N3O/c21-17-8-6-16(7-9-17)18-10-15-11-19-20(13-15)12-14-4-2-1-3-5-14/h1-9,11,13,18,21H,10,12H2. The van der Waals surface area contributed by atoms with Gasteiger partial charge in [-0.25, -0.2) is 0 Å². The molecule has 1 heterocycles. The average Bonchev–Trinajstić information content (AvgIpc) is 2.95. The average molecular weight is 279 g/mol. The smallest absolute Gasteiger partial charge is 0.115 e. The van der Waals surface area contributed by atoms with Crippen LogP contribution in [0.1, 0.15) is 11.1 Å². The number of nitrogens with one attached hydrogen (secondary N) is 1. The Hall–Kier alpha value is -2.75. The van der Waals surface area contributed by atoms with Crippen LogP contribution in [0.2, 0.25) is 0 Å². The molecule has 106 valence electrons. The molecule has 0 aliphatic carbocycles. The van der Waals surface area contributed by atoms with Crippen molar-refractivity contribution in [1.82, 2.24) is 9.78 Å². The summed E-state index contributed by atoms with van der Waals surface area (Å²) < 4.78 is 1.93. The van der Waals surface area contributed by atoms with Gasteiger partial charge in [0.2, 0.25) is 0 Å². The molecule has 0 unspecified atom stereocenters. The number of anilines is 1. The van der Waals surface area contributed by atoms with Crippen LogP contribution < -0.4 is 5.32 Å². The third kappa shape index (κ3) is 3.63. The Morgan fingerprint density at radius 1 is 0.952 bits per heavy atom. The molecule has 2 N–H and O–H groups in total. The quantitative estimate of drug-likeness (QED) is 0.705. The highest BCUT2D eigenvalue weighted by atomic mass is 16.3. The SMILES string of the molecule is Oc1ccc(NCc2cnn(Cc3ccccc3)c2)cc1. The highest BCUT2D eigenvalue weighted by molar-refractivity contribution is 5.46. The van der Waals surface area contributed by atoms with Crippen LogP contribution in [0.5, 0.6) is 5.75 Å². The van der Waals surface area contributed by atoms with Crippen molar-refractivity contribution in [2.75, 3.05) is 5.32 Å². The molecule has 0 atom stereocenters. The molecule has 0 amide bonds. The van der Waals surface area contributed by atoms with Gasteiger partial charge in [0.25, 0.3) is 0 Å². The molecule has 4 nitrogen and oxygen atoms in total. The van der Waals surface area contributed by atoms with E-state index in [2.05, 4.69) is 22.5 Å². The van der Waals surface area contributed by atoms with Crippen LogP contribution in [0.4, 0.5) is 5.69 Å². The van der Waals surface area contributed by atoms with Crippen LogP contribution in [0.15, 0.2) is 67.0 Å². The lowest BCUT2D eigenvalue weighted by atomic mass is 10.2. The zero-order chi connectivity index (χ0) is 14.5. The molecule has 1 aromatic heterocycles. The summed E-state index contributed by atoms with van der Waals surface area (Å²) >= 11 is 0. The topological polar surface area (TPSA) is 50.1 Å². The van der Waals surface area contributed by atoms with E-state index in [4.69, 9.17) is 0 Å². The van der Waals surface area contributed by atoms with Crippen molar-refractivity contribution < 1.29 is 5.11 Å². The molecule has 0 saturated heterocycles. The minimum Gasteiger partial charge on any atom is -0.508 e. The van der Waals surface area contributed by atoms with Crippen LogP contribution in [0, 0.1) is 0 Å². The van der Waals surface area contributed by atoms with Crippen LogP contribution in [0.25, 0.3) is 0 Å². The Labute approximate surface area is 123 Å². The van der Waals surface area contributed by atoms with Crippen molar-refractivity contribution in [2.45, 2.75) is 13.1 Å². The van der Waals surface area contributed by atoms with Gasteiger partial charge in [-0.05, 0) is 29.8 Å². The van der Waals surface area contributed by atoms with E-state index in [1.54, 1.807) is 12.1 Å². The van der Waals surface area contributed by atoms with E-state index in [-0.39, 0.29) is 5.75 Å². The fourth-order valence-corrected chi connectivity index (χ4v) is 2.14. The van der Waals surface area contributed by atoms with Crippen LogP contribution >= 0.6 is 0 Å². The van der Waals surface area contributed by atoms with E-state index in [0.29, 0.717) is 6.54 Å². The van der Waals surface area contributed by atoms with E-state index in [0.717, 1.165) is 17.8 Å². The number of nitrogens with zero attached hydrogens (tertiary/aromatic N) is 2. The van der Waals surface area contributed by atoms with Gasteiger partial charge in [0.1, 0.15) is 5.75 Å². The molecule has 0 spiro atoms. The summed E-state index contributed by atoms with van der Waals surface area (Å²) in [5.41, 5.74) is 3.33. The first-order valence-corrected chi connectivity index (χ1v) is 6.88. The Balaban J connectivity index is 1.59. The summed E-state index contributed by atoms with van der Waals surface area (Å²) in [5, 5.41) is 16.9. The van der Waals surface area contributed by atoms with Crippen LogP contribution in [0.3, 0.4) is 0 Å². The number of hydrogen-bond acceptors (Lipinski definition) is 3. The number of phenolic OH excluding ortho intramolecular Hbond substituents is 1. The van der Waals surface area contributed by atoms with Gasteiger partial charge in [-0.3, -0.25) is 4.68 Å². The third-order valence-corrected chi connectivity index (χ3v) is 3.24. The summed E-state index contributed by atoms with van der Waals surface area (Å²) in [6, 6.07) is 17.3. The molecule has 2 aromatic carbocycles. The van der Waals surface area contributed by atoms with Crippen LogP contribution in [-0.4, -0.2) is 14.9 Å².